The summed E-state index contributed by atoms with van der Waals surface area (Å²) in [7, 11) is 1.60. The highest BCUT2D eigenvalue weighted by Crippen LogP contribution is 2.48. The second-order valence-electron chi connectivity index (χ2n) is 5.32. The van der Waals surface area contributed by atoms with E-state index < -0.39 is 6.57 Å². The molecule has 11 heteroatoms. The number of anilines is 1. The third-order valence-corrected chi connectivity index (χ3v) is 4.63. The van der Waals surface area contributed by atoms with Crippen molar-refractivity contribution in [3.05, 3.63) is 12.7 Å². The quantitative estimate of drug-likeness (QED) is 0.609. The van der Waals surface area contributed by atoms with Crippen molar-refractivity contribution in [2.75, 3.05) is 26.1 Å². The molecule has 1 saturated heterocycles. The summed E-state index contributed by atoms with van der Waals surface area (Å²) in [4.78, 5) is 12.4. The number of imidazole rings is 1. The first kappa shape index (κ1) is 16.7. The number of methoxy groups -OCH3 is 1. The van der Waals surface area contributed by atoms with E-state index in [0.717, 1.165) is 0 Å². The Hall–Kier alpha value is -1.19. The molecule has 23 heavy (non-hydrogen) atoms. The average Bonchev–Trinajstić information content (AvgIpc) is 3.08. The van der Waals surface area contributed by atoms with Gasteiger partial charge >= 0.3 is 0 Å². The molecule has 2 N–H and O–H groups in total. The van der Waals surface area contributed by atoms with Crippen LogP contribution in [-0.2, 0) is 18.6 Å². The summed E-state index contributed by atoms with van der Waals surface area (Å²) in [5, 5.41) is 0. The molecule has 0 aliphatic carbocycles. The van der Waals surface area contributed by atoms with Crippen LogP contribution in [0.1, 0.15) is 12.6 Å². The summed E-state index contributed by atoms with van der Waals surface area (Å²) in [6.45, 7) is -1.31. The molecule has 3 heterocycles. The van der Waals surface area contributed by atoms with E-state index in [1.165, 1.54) is 13.0 Å². The molecule has 126 valence electrons. The largest absolute Gasteiger partial charge is 0.382 e. The molecule has 1 aliphatic heterocycles. The highest BCUT2D eigenvalue weighted by atomic mass is 32.7. The van der Waals surface area contributed by atoms with E-state index in [2.05, 4.69) is 27.2 Å². The highest BCUT2D eigenvalue weighted by Gasteiger charge is 2.38. The molecule has 3 rings (SSSR count). The van der Waals surface area contributed by atoms with Crippen LogP contribution < -0.4 is 5.73 Å². The summed E-state index contributed by atoms with van der Waals surface area (Å²) >= 11 is 3.92. The standard InChI is InChI=1S/C12H18N5O4PS/c1-19-7-3-9(21-8(7)4-20-22(2,18)23)17-6-16-10-11(13)14-5-15-12(10)17/h5-9H,3-4H2,1-2H3,(H,18,23)(H2,13,14,15)/t7-,8-,9-,22?/m1/s1. The van der Waals surface area contributed by atoms with Crippen LogP contribution in [0.5, 0.6) is 0 Å². The summed E-state index contributed by atoms with van der Waals surface area (Å²) < 4.78 is 30.0. The molecule has 0 bridgehead atoms. The van der Waals surface area contributed by atoms with Crippen LogP contribution in [0.25, 0.3) is 11.2 Å². The van der Waals surface area contributed by atoms with Gasteiger partial charge in [0.15, 0.2) is 11.5 Å². The zero-order valence-electron chi connectivity index (χ0n) is 12.7. The molecule has 0 spiro atoms. The molecule has 9 nitrogen and oxygen atoms in total. The first-order chi connectivity index (χ1) is 10.9. The minimum atomic E-state index is -2.88. The van der Waals surface area contributed by atoms with Crippen molar-refractivity contribution in [3.8, 4) is 0 Å². The SMILES string of the molecule is CO[C@@H]1C[C@H](n2cnc3c(N)ncnc32)O[C@@H]1COP(C)(=O)S. The van der Waals surface area contributed by atoms with E-state index >= 15 is 0 Å². The van der Waals surface area contributed by atoms with Gasteiger partial charge in [-0.1, -0.05) is 12.2 Å². The van der Waals surface area contributed by atoms with Gasteiger partial charge in [-0.2, -0.15) is 0 Å². The lowest BCUT2D eigenvalue weighted by Gasteiger charge is -2.18. The Morgan fingerprint density at radius 1 is 1.52 bits per heavy atom. The monoisotopic (exact) mass is 359 g/mol. The zero-order valence-corrected chi connectivity index (χ0v) is 14.5. The maximum absolute atomic E-state index is 11.6. The molecular weight excluding hydrogens is 341 g/mol. The number of aromatic nitrogens is 4. The Kier molecular flexibility index (Phi) is 4.61. The van der Waals surface area contributed by atoms with Gasteiger partial charge in [0.25, 0.3) is 6.57 Å². The molecule has 0 aromatic carbocycles. The van der Waals surface area contributed by atoms with Crippen molar-refractivity contribution in [2.45, 2.75) is 24.9 Å². The van der Waals surface area contributed by atoms with Crippen LogP contribution in [0, 0.1) is 0 Å². The number of fused-ring (bicyclic) bond motifs is 1. The fourth-order valence-electron chi connectivity index (χ4n) is 2.56. The van der Waals surface area contributed by atoms with E-state index in [9.17, 15) is 4.57 Å². The number of hydrogen-bond donors (Lipinski definition) is 2. The lowest BCUT2D eigenvalue weighted by molar-refractivity contribution is -0.0453. The van der Waals surface area contributed by atoms with Gasteiger partial charge in [0.05, 0.1) is 19.0 Å². The van der Waals surface area contributed by atoms with Gasteiger partial charge in [0.2, 0.25) is 0 Å². The summed E-state index contributed by atoms with van der Waals surface area (Å²) in [6.07, 6.45) is 2.69. The lowest BCUT2D eigenvalue weighted by Crippen LogP contribution is -2.27. The van der Waals surface area contributed by atoms with Crippen molar-refractivity contribution in [2.24, 2.45) is 0 Å². The normalized spacial score (nSPS) is 27.3. The molecule has 1 unspecified atom stereocenters. The fourth-order valence-corrected chi connectivity index (χ4v) is 3.19. The second kappa shape index (κ2) is 6.37. The lowest BCUT2D eigenvalue weighted by atomic mass is 10.2. The van der Waals surface area contributed by atoms with Gasteiger partial charge in [0, 0.05) is 20.2 Å². The van der Waals surface area contributed by atoms with E-state index in [1.807, 2.05) is 0 Å². The molecular formula is C12H18N5O4PS. The minimum absolute atomic E-state index is 0.135. The first-order valence-corrected chi connectivity index (χ1v) is 10.2. The Balaban J connectivity index is 1.81. The predicted molar refractivity (Wildman–Crippen MR) is 87.5 cm³/mol. The van der Waals surface area contributed by atoms with Crippen LogP contribution in [0.4, 0.5) is 5.82 Å². The van der Waals surface area contributed by atoms with Gasteiger partial charge in [-0.3, -0.25) is 9.13 Å². The topological polar surface area (TPSA) is 114 Å². The molecule has 2 aromatic rings. The number of nitrogens with two attached hydrogens (primary N) is 1. The van der Waals surface area contributed by atoms with E-state index in [-0.39, 0.29) is 25.0 Å². The fraction of sp³-hybridized carbons (Fsp3) is 0.583. The molecule has 0 saturated carbocycles. The van der Waals surface area contributed by atoms with E-state index in [1.54, 1.807) is 18.0 Å². The Labute approximate surface area is 138 Å². The third kappa shape index (κ3) is 3.51. The van der Waals surface area contributed by atoms with Crippen LogP contribution in [-0.4, -0.2) is 52.1 Å². The van der Waals surface area contributed by atoms with Gasteiger partial charge in [-0.25, -0.2) is 15.0 Å². The maximum atomic E-state index is 11.6. The minimum Gasteiger partial charge on any atom is -0.382 e. The van der Waals surface area contributed by atoms with E-state index in [0.29, 0.717) is 23.4 Å². The molecule has 1 fully saturated rings. The summed E-state index contributed by atoms with van der Waals surface area (Å²) in [6, 6.07) is 0. The van der Waals surface area contributed by atoms with Crippen molar-refractivity contribution >= 4 is 35.8 Å². The number of nitrogens with zero attached hydrogens (tertiary/aromatic N) is 4. The van der Waals surface area contributed by atoms with Gasteiger partial charge in [-0.05, 0) is 0 Å². The first-order valence-electron chi connectivity index (χ1n) is 6.95. The Morgan fingerprint density at radius 3 is 3.00 bits per heavy atom. The van der Waals surface area contributed by atoms with E-state index in [4.69, 9.17) is 19.7 Å². The predicted octanol–water partition coefficient (Wildman–Crippen LogP) is 1.48. The Bertz CT molecular complexity index is 750. The number of nitrogen functional groups attached to an aromatic ring is 1. The maximum Gasteiger partial charge on any atom is 0.251 e. The smallest absolute Gasteiger partial charge is 0.251 e. The number of rotatable bonds is 5. The highest BCUT2D eigenvalue weighted by molar-refractivity contribution is 8.46. The van der Waals surface area contributed by atoms with Crippen molar-refractivity contribution < 1.29 is 18.6 Å². The summed E-state index contributed by atoms with van der Waals surface area (Å²) in [5.41, 5.74) is 6.91. The van der Waals surface area contributed by atoms with Crippen molar-refractivity contribution in [1.82, 2.24) is 19.5 Å². The van der Waals surface area contributed by atoms with Crippen LogP contribution in [0.2, 0.25) is 0 Å². The van der Waals surface area contributed by atoms with Gasteiger partial charge in [-0.15, -0.1) is 0 Å². The molecule has 0 amide bonds. The number of thiol groups is 1. The molecule has 4 atom stereocenters. The van der Waals surface area contributed by atoms with Crippen molar-refractivity contribution in [3.63, 3.8) is 0 Å². The van der Waals surface area contributed by atoms with Crippen LogP contribution in [0.3, 0.4) is 0 Å². The molecule has 1 aliphatic rings. The second-order valence-corrected chi connectivity index (χ2v) is 9.36. The van der Waals surface area contributed by atoms with Crippen LogP contribution >= 0.6 is 18.8 Å². The zero-order chi connectivity index (χ0) is 16.6. The number of hydrogen-bond acceptors (Lipinski definition) is 8. The molecule has 0 radical (unpaired) electrons. The average molecular weight is 359 g/mol. The number of ether oxygens (including phenoxy) is 2. The van der Waals surface area contributed by atoms with Gasteiger partial charge in [0.1, 0.15) is 24.2 Å². The third-order valence-electron chi connectivity index (χ3n) is 3.66. The van der Waals surface area contributed by atoms with Crippen LogP contribution in [0.15, 0.2) is 12.7 Å². The molecule has 2 aromatic heterocycles. The Morgan fingerprint density at radius 2 is 2.30 bits per heavy atom. The van der Waals surface area contributed by atoms with Crippen molar-refractivity contribution in [1.29, 1.82) is 0 Å². The van der Waals surface area contributed by atoms with Gasteiger partial charge < -0.3 is 19.7 Å². The summed E-state index contributed by atoms with van der Waals surface area (Å²) in [5.74, 6) is 0.317.